The van der Waals surface area contributed by atoms with Gasteiger partial charge in [0.1, 0.15) is 0 Å². The maximum atomic E-state index is 12.2. The highest BCUT2D eigenvalue weighted by Gasteiger charge is 2.30. The number of carboxylic acids is 1. The van der Waals surface area contributed by atoms with Gasteiger partial charge in [0.15, 0.2) is 11.7 Å². The van der Waals surface area contributed by atoms with Gasteiger partial charge in [-0.1, -0.05) is 51.0 Å². The molecule has 29 heavy (non-hydrogen) atoms. The topological polar surface area (TPSA) is 92.4 Å². The van der Waals surface area contributed by atoms with Crippen LogP contribution in [-0.2, 0) is 16.0 Å². The van der Waals surface area contributed by atoms with Crippen molar-refractivity contribution in [2.75, 3.05) is 6.54 Å². The number of amides is 1. The van der Waals surface area contributed by atoms with Gasteiger partial charge in [-0.2, -0.15) is 0 Å². The molecule has 0 spiro atoms. The Morgan fingerprint density at radius 3 is 2.62 bits per heavy atom. The van der Waals surface area contributed by atoms with Gasteiger partial charge in [0.05, 0.1) is 12.1 Å². The molecular formula is C23H30N2O4. The summed E-state index contributed by atoms with van der Waals surface area (Å²) in [6.07, 6.45) is 5.93. The van der Waals surface area contributed by atoms with Gasteiger partial charge in [0.2, 0.25) is 5.91 Å². The predicted molar refractivity (Wildman–Crippen MR) is 110 cm³/mol. The minimum absolute atomic E-state index is 0.0207. The zero-order valence-electron chi connectivity index (χ0n) is 17.2. The highest BCUT2D eigenvalue weighted by molar-refractivity contribution is 5.76. The number of hydrogen-bond donors (Lipinski definition) is 2. The van der Waals surface area contributed by atoms with Gasteiger partial charge >= 0.3 is 5.97 Å². The van der Waals surface area contributed by atoms with Gasteiger partial charge in [0.25, 0.3) is 0 Å². The number of aromatic nitrogens is 1. The summed E-state index contributed by atoms with van der Waals surface area (Å²) in [5, 5.41) is 12.2. The number of nitrogens with zero attached hydrogens (tertiary/aromatic N) is 1. The number of rotatable bonds is 8. The standard InChI is InChI=1S/C23H30N2O4/c1-15(2)16-7-9-17(10-8-16)20-14-25-22(29-20)12-11-21(26)24-13-18-5-3-4-6-19(18)23(27)28/h7-10,14-15,18-19H,3-6,11-13H2,1-2H3,(H,24,26)(H,27,28)/t18-,19-/m0/s1. The first kappa shape index (κ1) is 21.1. The highest BCUT2D eigenvalue weighted by Crippen LogP contribution is 2.29. The summed E-state index contributed by atoms with van der Waals surface area (Å²) < 4.78 is 5.79. The Balaban J connectivity index is 1.47. The minimum atomic E-state index is -0.752. The van der Waals surface area contributed by atoms with Gasteiger partial charge in [-0.3, -0.25) is 9.59 Å². The molecule has 1 aromatic carbocycles. The zero-order valence-corrected chi connectivity index (χ0v) is 17.2. The first-order valence-corrected chi connectivity index (χ1v) is 10.5. The van der Waals surface area contributed by atoms with Crippen LogP contribution in [-0.4, -0.2) is 28.5 Å². The third-order valence-corrected chi connectivity index (χ3v) is 5.77. The molecule has 0 bridgehead atoms. The van der Waals surface area contributed by atoms with Crippen LogP contribution in [0, 0.1) is 11.8 Å². The Morgan fingerprint density at radius 1 is 1.21 bits per heavy atom. The molecule has 0 aliphatic heterocycles. The van der Waals surface area contributed by atoms with Crippen LogP contribution in [0.25, 0.3) is 11.3 Å². The van der Waals surface area contributed by atoms with Crippen LogP contribution in [0.3, 0.4) is 0 Å². The van der Waals surface area contributed by atoms with E-state index in [2.05, 4.69) is 36.3 Å². The molecule has 2 aromatic rings. The smallest absolute Gasteiger partial charge is 0.306 e. The van der Waals surface area contributed by atoms with Crippen molar-refractivity contribution in [3.63, 3.8) is 0 Å². The van der Waals surface area contributed by atoms with Crippen molar-refractivity contribution in [2.45, 2.75) is 58.3 Å². The van der Waals surface area contributed by atoms with Crippen molar-refractivity contribution in [3.8, 4) is 11.3 Å². The molecule has 1 saturated carbocycles. The Labute approximate surface area is 171 Å². The van der Waals surface area contributed by atoms with E-state index in [9.17, 15) is 14.7 Å². The van der Waals surface area contributed by atoms with Crippen molar-refractivity contribution in [1.82, 2.24) is 10.3 Å². The SMILES string of the molecule is CC(C)c1ccc(-c2cnc(CCC(=O)NC[C@@H]3CCCC[C@@H]3C(=O)O)o2)cc1. The number of hydrogen-bond acceptors (Lipinski definition) is 4. The van der Waals surface area contributed by atoms with E-state index in [1.807, 2.05) is 12.1 Å². The number of carboxylic acid groups (broad SMARTS) is 1. The van der Waals surface area contributed by atoms with Crippen LogP contribution in [0.4, 0.5) is 0 Å². The Bertz CT molecular complexity index is 826. The third-order valence-electron chi connectivity index (χ3n) is 5.77. The van der Waals surface area contributed by atoms with Gasteiger partial charge in [0, 0.05) is 24.9 Å². The zero-order chi connectivity index (χ0) is 20.8. The van der Waals surface area contributed by atoms with E-state index in [1.54, 1.807) is 6.20 Å². The van der Waals surface area contributed by atoms with Crippen LogP contribution in [0.1, 0.15) is 63.3 Å². The summed E-state index contributed by atoms with van der Waals surface area (Å²) in [5.74, 6) is 0.532. The van der Waals surface area contributed by atoms with Crippen LogP contribution >= 0.6 is 0 Å². The van der Waals surface area contributed by atoms with Crippen LogP contribution in [0.15, 0.2) is 34.9 Å². The maximum Gasteiger partial charge on any atom is 0.306 e. The molecule has 1 amide bonds. The molecular weight excluding hydrogens is 368 g/mol. The molecule has 2 atom stereocenters. The molecule has 1 aliphatic carbocycles. The fourth-order valence-electron chi connectivity index (χ4n) is 3.92. The molecule has 0 saturated heterocycles. The number of nitrogens with one attached hydrogen (secondary N) is 1. The molecule has 1 aromatic heterocycles. The van der Waals surface area contributed by atoms with E-state index in [0.29, 0.717) is 37.0 Å². The molecule has 1 fully saturated rings. The summed E-state index contributed by atoms with van der Waals surface area (Å²) >= 11 is 0. The van der Waals surface area contributed by atoms with Gasteiger partial charge in [-0.05, 0) is 30.2 Å². The normalized spacial score (nSPS) is 19.3. The van der Waals surface area contributed by atoms with E-state index in [4.69, 9.17) is 4.42 Å². The number of aliphatic carboxylic acids is 1. The molecule has 0 unspecified atom stereocenters. The van der Waals surface area contributed by atoms with Gasteiger partial charge in [-0.25, -0.2) is 4.98 Å². The first-order chi connectivity index (χ1) is 13.9. The summed E-state index contributed by atoms with van der Waals surface area (Å²) in [6.45, 7) is 4.74. The summed E-state index contributed by atoms with van der Waals surface area (Å²) in [5.41, 5.74) is 2.24. The molecule has 2 N–H and O–H groups in total. The largest absolute Gasteiger partial charge is 0.481 e. The lowest BCUT2D eigenvalue weighted by molar-refractivity contribution is -0.145. The van der Waals surface area contributed by atoms with Crippen LogP contribution < -0.4 is 5.32 Å². The number of benzene rings is 1. The quantitative estimate of drug-likeness (QED) is 0.687. The van der Waals surface area contributed by atoms with E-state index < -0.39 is 5.97 Å². The number of oxazole rings is 1. The minimum Gasteiger partial charge on any atom is -0.481 e. The second-order valence-corrected chi connectivity index (χ2v) is 8.19. The fourth-order valence-corrected chi connectivity index (χ4v) is 3.92. The van der Waals surface area contributed by atoms with E-state index in [0.717, 1.165) is 24.8 Å². The molecule has 3 rings (SSSR count). The van der Waals surface area contributed by atoms with E-state index >= 15 is 0 Å². The maximum absolute atomic E-state index is 12.2. The lowest BCUT2D eigenvalue weighted by atomic mass is 9.79. The third kappa shape index (κ3) is 5.68. The average molecular weight is 399 g/mol. The molecule has 1 heterocycles. The lowest BCUT2D eigenvalue weighted by Crippen LogP contribution is -2.37. The summed E-state index contributed by atoms with van der Waals surface area (Å²) in [4.78, 5) is 27.8. The van der Waals surface area contributed by atoms with E-state index in [1.165, 1.54) is 5.56 Å². The van der Waals surface area contributed by atoms with Gasteiger partial charge < -0.3 is 14.8 Å². The molecule has 156 valence electrons. The molecule has 1 aliphatic rings. The average Bonchev–Trinajstić information content (AvgIpc) is 3.20. The fraction of sp³-hybridized carbons (Fsp3) is 0.522. The number of carbonyl (C=O) groups is 2. The van der Waals surface area contributed by atoms with Crippen molar-refractivity contribution in [1.29, 1.82) is 0 Å². The Morgan fingerprint density at radius 2 is 1.93 bits per heavy atom. The molecule has 6 heteroatoms. The van der Waals surface area contributed by atoms with Crippen molar-refractivity contribution < 1.29 is 19.1 Å². The Hall–Kier alpha value is -2.63. The first-order valence-electron chi connectivity index (χ1n) is 10.5. The molecule has 0 radical (unpaired) electrons. The molecule has 6 nitrogen and oxygen atoms in total. The number of carbonyl (C=O) groups excluding carboxylic acids is 1. The Kier molecular flexibility index (Phi) is 7.07. The van der Waals surface area contributed by atoms with Crippen molar-refractivity contribution in [3.05, 3.63) is 41.9 Å². The lowest BCUT2D eigenvalue weighted by Gasteiger charge is -2.28. The van der Waals surface area contributed by atoms with Crippen molar-refractivity contribution in [2.24, 2.45) is 11.8 Å². The second-order valence-electron chi connectivity index (χ2n) is 8.19. The predicted octanol–water partition coefficient (Wildman–Crippen LogP) is 4.40. The number of aryl methyl sites for hydroxylation is 1. The van der Waals surface area contributed by atoms with E-state index in [-0.39, 0.29) is 24.2 Å². The summed E-state index contributed by atoms with van der Waals surface area (Å²) in [6, 6.07) is 8.22. The highest BCUT2D eigenvalue weighted by atomic mass is 16.4. The summed E-state index contributed by atoms with van der Waals surface area (Å²) in [7, 11) is 0. The van der Waals surface area contributed by atoms with Crippen LogP contribution in [0.5, 0.6) is 0 Å². The van der Waals surface area contributed by atoms with Crippen LogP contribution in [0.2, 0.25) is 0 Å². The second kappa shape index (κ2) is 9.72. The monoisotopic (exact) mass is 398 g/mol. The van der Waals surface area contributed by atoms with Gasteiger partial charge in [-0.15, -0.1) is 0 Å². The van der Waals surface area contributed by atoms with Crippen molar-refractivity contribution >= 4 is 11.9 Å².